The van der Waals surface area contributed by atoms with Gasteiger partial charge in [-0.05, 0) is 19.9 Å². The summed E-state index contributed by atoms with van der Waals surface area (Å²) in [5.41, 5.74) is 1.08. The van der Waals surface area contributed by atoms with Crippen LogP contribution in [0.1, 0.15) is 20.8 Å². The second kappa shape index (κ2) is 8.49. The van der Waals surface area contributed by atoms with E-state index in [9.17, 15) is 13.2 Å². The molecule has 0 aliphatic rings. The Morgan fingerprint density at radius 3 is 2.57 bits per heavy atom. The highest BCUT2D eigenvalue weighted by Crippen LogP contribution is 2.28. The standard InChI is InChI=1S/C19H22N6O4S/c1-12(2)29-14-8-18(24-19(9-14)30(4,27)28)23-15-10-17(22-13(3)26)20-11-16(15)25-7-5-6-21-25/h5-12H,1-4H3,(H2,20,22,23,24,26). The number of ether oxygens (including phenoxy) is 1. The summed E-state index contributed by atoms with van der Waals surface area (Å²) in [5, 5.41) is 9.79. The maximum atomic E-state index is 12.1. The zero-order valence-corrected chi connectivity index (χ0v) is 17.8. The average molecular weight is 430 g/mol. The fraction of sp³-hybridized carbons (Fsp3) is 0.263. The SMILES string of the molecule is CC(=O)Nc1cc(Nc2cc(OC(C)C)cc(S(C)(=O)=O)n2)c(-n2cccn2)cn1. The van der Waals surface area contributed by atoms with Crippen LogP contribution in [0.3, 0.4) is 0 Å². The molecule has 3 aromatic heterocycles. The summed E-state index contributed by atoms with van der Waals surface area (Å²) in [7, 11) is -3.57. The number of pyridine rings is 2. The lowest BCUT2D eigenvalue weighted by Crippen LogP contribution is -2.11. The van der Waals surface area contributed by atoms with Gasteiger partial charge in [-0.3, -0.25) is 4.79 Å². The van der Waals surface area contributed by atoms with Crippen molar-refractivity contribution in [1.82, 2.24) is 19.7 Å². The fourth-order valence-corrected chi connectivity index (χ4v) is 3.20. The van der Waals surface area contributed by atoms with Crippen LogP contribution in [0.5, 0.6) is 5.75 Å². The van der Waals surface area contributed by atoms with Crippen LogP contribution < -0.4 is 15.4 Å². The molecule has 0 atom stereocenters. The number of amides is 1. The largest absolute Gasteiger partial charge is 0.491 e. The minimum atomic E-state index is -3.57. The van der Waals surface area contributed by atoms with Gasteiger partial charge in [0.2, 0.25) is 5.91 Å². The molecule has 158 valence electrons. The van der Waals surface area contributed by atoms with Crippen molar-refractivity contribution < 1.29 is 17.9 Å². The minimum absolute atomic E-state index is 0.125. The van der Waals surface area contributed by atoms with Gasteiger partial charge < -0.3 is 15.4 Å². The Morgan fingerprint density at radius 1 is 1.20 bits per heavy atom. The molecular weight excluding hydrogens is 408 g/mol. The third-order valence-electron chi connectivity index (χ3n) is 3.73. The molecule has 3 aromatic rings. The summed E-state index contributed by atoms with van der Waals surface area (Å²) < 4.78 is 31.4. The number of carbonyl (C=O) groups excluding carboxylic acids is 1. The van der Waals surface area contributed by atoms with Crippen molar-refractivity contribution in [3.63, 3.8) is 0 Å². The number of carbonyl (C=O) groups is 1. The molecular formula is C19H22N6O4S. The number of aromatic nitrogens is 4. The summed E-state index contributed by atoms with van der Waals surface area (Å²) in [6.45, 7) is 5.06. The Hall–Kier alpha value is -3.47. The summed E-state index contributed by atoms with van der Waals surface area (Å²) in [6, 6.07) is 6.34. The molecule has 30 heavy (non-hydrogen) atoms. The summed E-state index contributed by atoms with van der Waals surface area (Å²) >= 11 is 0. The molecule has 0 fully saturated rings. The topological polar surface area (TPSA) is 128 Å². The zero-order chi connectivity index (χ0) is 21.9. The van der Waals surface area contributed by atoms with Gasteiger partial charge in [-0.25, -0.2) is 23.1 Å². The van der Waals surface area contributed by atoms with Crippen LogP contribution in [-0.2, 0) is 14.6 Å². The Labute approximate surface area is 174 Å². The summed E-state index contributed by atoms with van der Waals surface area (Å²) in [5.74, 6) is 0.658. The Morgan fingerprint density at radius 2 is 1.97 bits per heavy atom. The van der Waals surface area contributed by atoms with Gasteiger partial charge in [-0.1, -0.05) is 0 Å². The molecule has 3 rings (SSSR count). The number of hydrogen-bond donors (Lipinski definition) is 2. The molecule has 11 heteroatoms. The predicted molar refractivity (Wildman–Crippen MR) is 112 cm³/mol. The molecule has 0 bridgehead atoms. The van der Waals surface area contributed by atoms with Crippen LogP contribution in [-0.4, -0.2) is 46.4 Å². The summed E-state index contributed by atoms with van der Waals surface area (Å²) in [6.07, 6.45) is 5.80. The quantitative estimate of drug-likeness (QED) is 0.585. The van der Waals surface area contributed by atoms with Crippen LogP contribution in [0.25, 0.3) is 5.69 Å². The van der Waals surface area contributed by atoms with Crippen molar-refractivity contribution >= 4 is 33.1 Å². The van der Waals surface area contributed by atoms with E-state index in [1.807, 2.05) is 13.8 Å². The molecule has 3 heterocycles. The fourth-order valence-electron chi connectivity index (χ4n) is 2.60. The van der Waals surface area contributed by atoms with Crippen molar-refractivity contribution in [3.05, 3.63) is 42.9 Å². The number of hydrogen-bond acceptors (Lipinski definition) is 8. The normalized spacial score (nSPS) is 11.4. The number of anilines is 3. The van der Waals surface area contributed by atoms with Crippen LogP contribution >= 0.6 is 0 Å². The van der Waals surface area contributed by atoms with E-state index < -0.39 is 9.84 Å². The Balaban J connectivity index is 2.08. The third-order valence-corrected chi connectivity index (χ3v) is 4.70. The van der Waals surface area contributed by atoms with Gasteiger partial charge in [-0.15, -0.1) is 0 Å². The van der Waals surface area contributed by atoms with Crippen LogP contribution in [0.2, 0.25) is 0 Å². The molecule has 0 aliphatic carbocycles. The predicted octanol–water partition coefficient (Wildman–Crippen LogP) is 2.56. The molecule has 0 saturated carbocycles. The maximum absolute atomic E-state index is 12.1. The molecule has 0 aliphatic heterocycles. The first kappa shape index (κ1) is 21.2. The van der Waals surface area contributed by atoms with E-state index in [2.05, 4.69) is 25.7 Å². The van der Waals surface area contributed by atoms with Crippen molar-refractivity contribution in [1.29, 1.82) is 0 Å². The molecule has 0 aromatic carbocycles. The number of nitrogens with one attached hydrogen (secondary N) is 2. The van der Waals surface area contributed by atoms with E-state index in [0.717, 1.165) is 6.26 Å². The van der Waals surface area contributed by atoms with E-state index in [0.29, 0.717) is 22.9 Å². The first-order valence-electron chi connectivity index (χ1n) is 9.05. The lowest BCUT2D eigenvalue weighted by atomic mass is 10.3. The van der Waals surface area contributed by atoms with Gasteiger partial charge in [0.25, 0.3) is 0 Å². The second-order valence-electron chi connectivity index (χ2n) is 6.81. The highest BCUT2D eigenvalue weighted by Gasteiger charge is 2.16. The number of nitrogens with zero attached hydrogens (tertiary/aromatic N) is 4. The van der Waals surface area contributed by atoms with Gasteiger partial charge in [-0.2, -0.15) is 5.10 Å². The molecule has 0 unspecified atom stereocenters. The first-order chi connectivity index (χ1) is 14.1. The monoisotopic (exact) mass is 430 g/mol. The van der Waals surface area contributed by atoms with Crippen LogP contribution in [0.4, 0.5) is 17.3 Å². The van der Waals surface area contributed by atoms with E-state index >= 15 is 0 Å². The van der Waals surface area contributed by atoms with Gasteiger partial charge in [0.1, 0.15) is 23.1 Å². The Bertz CT molecular complexity index is 1160. The minimum Gasteiger partial charge on any atom is -0.491 e. The lowest BCUT2D eigenvalue weighted by molar-refractivity contribution is -0.114. The van der Waals surface area contributed by atoms with E-state index in [1.165, 1.54) is 19.2 Å². The Kier molecular flexibility index (Phi) is 6.01. The van der Waals surface area contributed by atoms with Crippen molar-refractivity contribution in [3.8, 4) is 11.4 Å². The molecule has 0 saturated heterocycles. The maximum Gasteiger partial charge on any atom is 0.222 e. The second-order valence-corrected chi connectivity index (χ2v) is 8.77. The van der Waals surface area contributed by atoms with Crippen molar-refractivity contribution in [2.24, 2.45) is 0 Å². The molecule has 10 nitrogen and oxygen atoms in total. The molecule has 0 radical (unpaired) electrons. The van der Waals surface area contributed by atoms with Crippen LogP contribution in [0, 0.1) is 0 Å². The van der Waals surface area contributed by atoms with E-state index in [-0.39, 0.29) is 22.9 Å². The number of rotatable bonds is 7. The average Bonchev–Trinajstić information content (AvgIpc) is 3.14. The molecule has 2 N–H and O–H groups in total. The number of sulfone groups is 1. The van der Waals surface area contributed by atoms with Crippen LogP contribution in [0.15, 0.2) is 47.9 Å². The van der Waals surface area contributed by atoms with Gasteiger partial charge in [0.05, 0.1) is 18.0 Å². The van der Waals surface area contributed by atoms with Gasteiger partial charge in [0, 0.05) is 43.8 Å². The molecule has 0 spiro atoms. The highest BCUT2D eigenvalue weighted by atomic mass is 32.2. The third kappa shape index (κ3) is 5.32. The molecule has 1 amide bonds. The van der Waals surface area contributed by atoms with Gasteiger partial charge >= 0.3 is 0 Å². The van der Waals surface area contributed by atoms with Gasteiger partial charge in [0.15, 0.2) is 14.9 Å². The van der Waals surface area contributed by atoms with E-state index in [1.54, 1.807) is 35.3 Å². The smallest absolute Gasteiger partial charge is 0.222 e. The summed E-state index contributed by atoms with van der Waals surface area (Å²) in [4.78, 5) is 19.8. The first-order valence-corrected chi connectivity index (χ1v) is 10.9. The van der Waals surface area contributed by atoms with E-state index in [4.69, 9.17) is 4.74 Å². The zero-order valence-electron chi connectivity index (χ0n) is 16.9. The lowest BCUT2D eigenvalue weighted by Gasteiger charge is -2.16. The van der Waals surface area contributed by atoms with Crippen molar-refractivity contribution in [2.45, 2.75) is 31.9 Å². The van der Waals surface area contributed by atoms with Crippen molar-refractivity contribution in [2.75, 3.05) is 16.9 Å². The highest BCUT2D eigenvalue weighted by molar-refractivity contribution is 7.90.